The van der Waals surface area contributed by atoms with Crippen LogP contribution in [-0.4, -0.2) is 14.5 Å². The van der Waals surface area contributed by atoms with E-state index in [1.54, 1.807) is 0 Å². The highest BCUT2D eigenvalue weighted by atomic mass is 32.1. The Morgan fingerprint density at radius 3 is 2.49 bits per heavy atom. The molecule has 7 aromatic rings. The molecule has 9 rings (SSSR count). The van der Waals surface area contributed by atoms with Gasteiger partial charge in [0.05, 0.1) is 26.9 Å². The van der Waals surface area contributed by atoms with Crippen molar-refractivity contribution in [2.45, 2.75) is 25.7 Å². The average molecular weight is 572 g/mol. The number of aromatic nitrogens is 3. The summed E-state index contributed by atoms with van der Waals surface area (Å²) in [6, 6.07) is 32.4. The van der Waals surface area contributed by atoms with Crippen LogP contribution in [0, 0.1) is 5.92 Å². The third-order valence-corrected chi connectivity index (χ3v) is 10.2. The Kier molecular flexibility index (Phi) is 5.54. The van der Waals surface area contributed by atoms with Gasteiger partial charge in [0.2, 0.25) is 0 Å². The summed E-state index contributed by atoms with van der Waals surface area (Å²) in [5.41, 5.74) is 6.94. The van der Waals surface area contributed by atoms with Gasteiger partial charge < -0.3 is 4.57 Å². The summed E-state index contributed by atoms with van der Waals surface area (Å²) in [5.74, 6) is 1.52. The van der Waals surface area contributed by atoms with Gasteiger partial charge in [-0.25, -0.2) is 9.97 Å². The summed E-state index contributed by atoms with van der Waals surface area (Å²) < 4.78 is 5.31. The largest absolute Gasteiger partial charge is 0.312 e. The van der Waals surface area contributed by atoms with E-state index in [0.29, 0.717) is 5.92 Å². The maximum absolute atomic E-state index is 5.23. The lowest BCUT2D eigenvalue weighted by atomic mass is 9.96. The Balaban J connectivity index is 1.24. The number of rotatable bonds is 3. The Bertz CT molecular complexity index is 2420. The predicted octanol–water partition coefficient (Wildman–Crippen LogP) is 8.80. The molecule has 0 aliphatic heterocycles. The van der Waals surface area contributed by atoms with Crippen LogP contribution in [0.25, 0.3) is 71.9 Å². The summed E-state index contributed by atoms with van der Waals surface area (Å²) in [5, 5.41) is 6.48. The van der Waals surface area contributed by atoms with E-state index in [1.807, 2.05) is 11.3 Å². The van der Waals surface area contributed by atoms with Crippen LogP contribution in [0.2, 0.25) is 0 Å². The Morgan fingerprint density at radius 1 is 0.791 bits per heavy atom. The summed E-state index contributed by atoms with van der Waals surface area (Å²) in [7, 11) is 0. The van der Waals surface area contributed by atoms with Gasteiger partial charge in [-0.2, -0.15) is 0 Å². The molecule has 0 fully saturated rings. The minimum Gasteiger partial charge on any atom is -0.312 e. The van der Waals surface area contributed by atoms with Crippen molar-refractivity contribution >= 4 is 72.0 Å². The topological polar surface area (TPSA) is 30.7 Å². The lowest BCUT2D eigenvalue weighted by molar-refractivity contribution is 0.773. The van der Waals surface area contributed by atoms with Crippen LogP contribution in [0.5, 0.6) is 0 Å². The average Bonchev–Trinajstić information content (AvgIpc) is 3.60. The van der Waals surface area contributed by atoms with Gasteiger partial charge in [-0.1, -0.05) is 110 Å². The molecule has 2 atom stereocenters. The van der Waals surface area contributed by atoms with Crippen LogP contribution in [0.3, 0.4) is 0 Å². The van der Waals surface area contributed by atoms with Crippen molar-refractivity contribution in [2.75, 3.05) is 0 Å². The zero-order valence-corrected chi connectivity index (χ0v) is 24.7. The van der Waals surface area contributed by atoms with E-state index in [2.05, 4.69) is 133 Å². The molecule has 0 radical (unpaired) electrons. The molecule has 3 aromatic heterocycles. The van der Waals surface area contributed by atoms with Crippen molar-refractivity contribution < 1.29 is 0 Å². The smallest absolute Gasteiger partial charge is 0.136 e. The highest BCUT2D eigenvalue weighted by Crippen LogP contribution is 2.41. The molecular formula is C39H29N3S. The van der Waals surface area contributed by atoms with Crippen molar-refractivity contribution in [1.29, 1.82) is 0 Å². The summed E-state index contributed by atoms with van der Waals surface area (Å²) in [6.45, 7) is 2.31. The molecule has 0 saturated heterocycles. The second-order valence-corrected chi connectivity index (χ2v) is 12.9. The first-order valence-electron chi connectivity index (χ1n) is 15.1. The van der Waals surface area contributed by atoms with E-state index in [4.69, 9.17) is 9.97 Å². The molecule has 2 unspecified atom stereocenters. The zero-order chi connectivity index (χ0) is 28.5. The Labute approximate surface area is 253 Å². The molecule has 206 valence electrons. The van der Waals surface area contributed by atoms with Crippen molar-refractivity contribution in [3.8, 4) is 11.3 Å². The van der Waals surface area contributed by atoms with Gasteiger partial charge >= 0.3 is 0 Å². The second-order valence-electron chi connectivity index (χ2n) is 11.8. The highest BCUT2D eigenvalue weighted by Gasteiger charge is 2.24. The molecule has 3 nitrogen and oxygen atoms in total. The van der Waals surface area contributed by atoms with Gasteiger partial charge in [-0.05, 0) is 35.8 Å². The van der Waals surface area contributed by atoms with Crippen molar-refractivity contribution in [2.24, 2.45) is 5.92 Å². The van der Waals surface area contributed by atoms with Gasteiger partial charge in [0.25, 0.3) is 0 Å². The Morgan fingerprint density at radius 2 is 1.58 bits per heavy atom. The van der Waals surface area contributed by atoms with Crippen molar-refractivity contribution in [1.82, 2.24) is 14.5 Å². The number of hydrogen-bond acceptors (Lipinski definition) is 3. The summed E-state index contributed by atoms with van der Waals surface area (Å²) >= 11 is 1.95. The molecule has 4 aromatic carbocycles. The van der Waals surface area contributed by atoms with E-state index in [0.717, 1.165) is 40.8 Å². The number of nitrogens with zero attached hydrogens (tertiary/aromatic N) is 3. The van der Waals surface area contributed by atoms with Crippen LogP contribution in [-0.2, 0) is 0 Å². The normalized spacial score (nSPS) is 18.1. The highest BCUT2D eigenvalue weighted by molar-refractivity contribution is 7.18. The fourth-order valence-electron chi connectivity index (χ4n) is 6.99. The van der Waals surface area contributed by atoms with Crippen LogP contribution in [0.15, 0.2) is 109 Å². The number of benzene rings is 4. The van der Waals surface area contributed by atoms with Crippen LogP contribution < -0.4 is 9.75 Å². The number of allylic oxidation sites excluding steroid dienone is 4. The van der Waals surface area contributed by atoms with E-state index >= 15 is 0 Å². The lowest BCUT2D eigenvalue weighted by Gasteiger charge is -2.21. The standard InChI is InChI=1S/C39H29N3S/c1-24-18-19-29-31-21-20-30-28-14-6-8-17-34(28)42(37(30)38(31)43-35(29)22-24)27-13-9-12-26(23-27)39-40-33-16-7-5-15-32(33)36(41-39)25-10-3-2-4-11-25/h2-17,19-22,24,26H,18,23H2,1H3. The zero-order valence-electron chi connectivity index (χ0n) is 23.9. The molecule has 0 bridgehead atoms. The van der Waals surface area contributed by atoms with E-state index in [-0.39, 0.29) is 5.92 Å². The Hall–Kier alpha value is -4.80. The molecule has 3 heterocycles. The lowest BCUT2D eigenvalue weighted by Crippen LogP contribution is -2.23. The first-order chi connectivity index (χ1) is 21.2. The fourth-order valence-corrected chi connectivity index (χ4v) is 8.39. The van der Waals surface area contributed by atoms with Crippen LogP contribution in [0.1, 0.15) is 31.5 Å². The monoisotopic (exact) mass is 571 g/mol. The minimum atomic E-state index is 0.0709. The van der Waals surface area contributed by atoms with E-state index in [9.17, 15) is 0 Å². The maximum Gasteiger partial charge on any atom is 0.136 e. The van der Waals surface area contributed by atoms with Crippen LogP contribution in [0.4, 0.5) is 0 Å². The summed E-state index contributed by atoms with van der Waals surface area (Å²) in [6.07, 6.45) is 13.6. The van der Waals surface area contributed by atoms with Gasteiger partial charge in [0, 0.05) is 49.7 Å². The van der Waals surface area contributed by atoms with Gasteiger partial charge in [-0.3, -0.25) is 0 Å². The first-order valence-corrected chi connectivity index (χ1v) is 15.9. The van der Waals surface area contributed by atoms with E-state index in [1.165, 1.54) is 47.3 Å². The molecule has 0 N–H and O–H groups in total. The van der Waals surface area contributed by atoms with Gasteiger partial charge in [0.1, 0.15) is 5.82 Å². The van der Waals surface area contributed by atoms with Crippen molar-refractivity contribution in [3.63, 3.8) is 0 Å². The van der Waals surface area contributed by atoms with Crippen LogP contribution >= 0.6 is 11.3 Å². The molecule has 2 aliphatic carbocycles. The molecule has 0 spiro atoms. The number of fused-ring (bicyclic) bond motifs is 8. The first kappa shape index (κ1) is 24.8. The predicted molar refractivity (Wildman–Crippen MR) is 183 cm³/mol. The van der Waals surface area contributed by atoms with Gasteiger partial charge in [0.15, 0.2) is 0 Å². The van der Waals surface area contributed by atoms with Crippen molar-refractivity contribution in [3.05, 3.63) is 125 Å². The van der Waals surface area contributed by atoms with E-state index < -0.39 is 0 Å². The quantitative estimate of drug-likeness (QED) is 0.212. The molecular weight excluding hydrogens is 543 g/mol. The maximum atomic E-state index is 5.23. The third kappa shape index (κ3) is 3.87. The number of para-hydroxylation sites is 2. The van der Waals surface area contributed by atoms with Gasteiger partial charge in [-0.15, -0.1) is 11.3 Å². The SMILES string of the molecule is CC1C=c2sc3c(ccc4c5ccccc5n(C5=CC=CC(c6nc(-c7ccccc7)c7ccccc7n6)C5)c43)c2=CC1. The fraction of sp³-hybridized carbons (Fsp3) is 0.128. The molecule has 0 saturated carbocycles. The number of hydrogen-bond donors (Lipinski definition) is 0. The molecule has 43 heavy (non-hydrogen) atoms. The third-order valence-electron chi connectivity index (χ3n) is 9.04. The second kappa shape index (κ2) is 9.62. The molecule has 2 aliphatic rings. The molecule has 0 amide bonds. The summed E-state index contributed by atoms with van der Waals surface area (Å²) in [4.78, 5) is 10.4. The molecule has 4 heteroatoms. The minimum absolute atomic E-state index is 0.0709. The number of thiophene rings is 1.